The van der Waals surface area contributed by atoms with Crippen molar-refractivity contribution in [2.24, 2.45) is 0 Å². The SMILES string of the molecule is O=C(Oc1ccccc1)c1csc(-c2cccnc2)n1. The molecular formula is C15H10N2O2S. The van der Waals surface area contributed by atoms with Crippen LogP contribution in [0.5, 0.6) is 5.75 Å². The first-order valence-electron chi connectivity index (χ1n) is 5.96. The van der Waals surface area contributed by atoms with Crippen LogP contribution in [0.15, 0.2) is 60.2 Å². The van der Waals surface area contributed by atoms with Crippen molar-refractivity contribution < 1.29 is 9.53 Å². The van der Waals surface area contributed by atoms with Gasteiger partial charge in [0.2, 0.25) is 0 Å². The molecule has 0 spiro atoms. The predicted molar refractivity (Wildman–Crippen MR) is 76.7 cm³/mol. The number of carbonyl (C=O) groups is 1. The molecule has 4 nitrogen and oxygen atoms in total. The largest absolute Gasteiger partial charge is 0.422 e. The number of pyridine rings is 1. The highest BCUT2D eigenvalue weighted by Crippen LogP contribution is 2.23. The molecule has 5 heteroatoms. The van der Waals surface area contributed by atoms with Gasteiger partial charge in [0.25, 0.3) is 0 Å². The predicted octanol–water partition coefficient (Wildman–Crippen LogP) is 3.42. The van der Waals surface area contributed by atoms with Gasteiger partial charge in [0.1, 0.15) is 10.8 Å². The molecule has 0 aliphatic heterocycles. The van der Waals surface area contributed by atoms with Gasteiger partial charge >= 0.3 is 5.97 Å². The second kappa shape index (κ2) is 5.63. The molecule has 0 N–H and O–H groups in total. The molecule has 0 saturated carbocycles. The van der Waals surface area contributed by atoms with Gasteiger partial charge in [-0.3, -0.25) is 4.98 Å². The molecule has 0 aliphatic rings. The van der Waals surface area contributed by atoms with Crippen LogP contribution in [-0.4, -0.2) is 15.9 Å². The second-order valence-corrected chi connectivity index (χ2v) is 4.84. The zero-order chi connectivity index (χ0) is 13.8. The molecule has 0 amide bonds. The minimum absolute atomic E-state index is 0.303. The van der Waals surface area contributed by atoms with E-state index in [4.69, 9.17) is 4.74 Å². The molecule has 0 saturated heterocycles. The highest BCUT2D eigenvalue weighted by Gasteiger charge is 2.14. The zero-order valence-electron chi connectivity index (χ0n) is 10.4. The van der Waals surface area contributed by atoms with E-state index in [0.29, 0.717) is 11.4 Å². The van der Waals surface area contributed by atoms with Crippen LogP contribution in [0.3, 0.4) is 0 Å². The molecule has 3 aromatic rings. The third-order valence-corrected chi connectivity index (χ3v) is 3.47. The fourth-order valence-corrected chi connectivity index (χ4v) is 2.42. The molecule has 0 unspecified atom stereocenters. The Morgan fingerprint density at radius 1 is 1.10 bits per heavy atom. The van der Waals surface area contributed by atoms with Crippen LogP contribution in [-0.2, 0) is 0 Å². The fourth-order valence-electron chi connectivity index (χ4n) is 1.64. The summed E-state index contributed by atoms with van der Waals surface area (Å²) < 4.78 is 5.24. The summed E-state index contributed by atoms with van der Waals surface area (Å²) in [5.41, 5.74) is 1.19. The van der Waals surface area contributed by atoms with Crippen molar-refractivity contribution in [1.29, 1.82) is 0 Å². The number of benzene rings is 1. The Morgan fingerprint density at radius 2 is 1.95 bits per heavy atom. The first-order valence-corrected chi connectivity index (χ1v) is 6.84. The minimum atomic E-state index is -0.456. The summed E-state index contributed by atoms with van der Waals surface area (Å²) in [5.74, 6) is 0.0519. The van der Waals surface area contributed by atoms with Crippen molar-refractivity contribution in [2.45, 2.75) is 0 Å². The number of hydrogen-bond donors (Lipinski definition) is 0. The first-order chi connectivity index (χ1) is 9.83. The number of carbonyl (C=O) groups excluding carboxylic acids is 1. The number of thiazole rings is 1. The third kappa shape index (κ3) is 2.73. The number of esters is 1. The maximum absolute atomic E-state index is 12.0. The molecule has 20 heavy (non-hydrogen) atoms. The summed E-state index contributed by atoms with van der Waals surface area (Å²) in [6.07, 6.45) is 3.41. The van der Waals surface area contributed by atoms with E-state index in [2.05, 4.69) is 9.97 Å². The van der Waals surface area contributed by atoms with Crippen molar-refractivity contribution in [2.75, 3.05) is 0 Å². The van der Waals surface area contributed by atoms with Crippen LogP contribution in [0.2, 0.25) is 0 Å². The van der Waals surface area contributed by atoms with E-state index in [1.165, 1.54) is 11.3 Å². The number of aromatic nitrogens is 2. The summed E-state index contributed by atoms with van der Waals surface area (Å²) in [6.45, 7) is 0. The molecule has 98 valence electrons. The van der Waals surface area contributed by atoms with E-state index in [9.17, 15) is 4.79 Å². The first kappa shape index (κ1) is 12.5. The van der Waals surface area contributed by atoms with Gasteiger partial charge in [-0.05, 0) is 24.3 Å². The summed E-state index contributed by atoms with van der Waals surface area (Å²) in [5, 5.41) is 2.44. The van der Waals surface area contributed by atoms with E-state index in [1.54, 1.807) is 29.9 Å². The number of ether oxygens (including phenoxy) is 1. The van der Waals surface area contributed by atoms with E-state index in [1.807, 2.05) is 30.3 Å². The third-order valence-electron chi connectivity index (χ3n) is 2.58. The number of rotatable bonds is 3. The summed E-state index contributed by atoms with van der Waals surface area (Å²) in [6, 6.07) is 12.7. The average molecular weight is 282 g/mol. The molecular weight excluding hydrogens is 272 g/mol. The Labute approximate surface area is 119 Å². The molecule has 0 fully saturated rings. The Bertz CT molecular complexity index is 711. The van der Waals surface area contributed by atoms with Crippen molar-refractivity contribution in [3.05, 3.63) is 65.9 Å². The lowest BCUT2D eigenvalue weighted by molar-refractivity contribution is 0.0729. The van der Waals surface area contributed by atoms with Crippen LogP contribution in [0.4, 0.5) is 0 Å². The van der Waals surface area contributed by atoms with Crippen LogP contribution >= 0.6 is 11.3 Å². The minimum Gasteiger partial charge on any atom is -0.422 e. The molecule has 2 aromatic heterocycles. The Kier molecular flexibility index (Phi) is 3.52. The van der Waals surface area contributed by atoms with Crippen LogP contribution in [0.1, 0.15) is 10.5 Å². The molecule has 0 atom stereocenters. The van der Waals surface area contributed by atoms with Gasteiger partial charge in [0.05, 0.1) is 0 Å². The number of nitrogens with zero attached hydrogens (tertiary/aromatic N) is 2. The molecule has 0 aliphatic carbocycles. The van der Waals surface area contributed by atoms with Crippen molar-refractivity contribution in [1.82, 2.24) is 9.97 Å². The summed E-state index contributed by atoms with van der Waals surface area (Å²) >= 11 is 1.39. The lowest BCUT2D eigenvalue weighted by Gasteiger charge is -2.00. The lowest BCUT2D eigenvalue weighted by atomic mass is 10.3. The van der Waals surface area contributed by atoms with Gasteiger partial charge in [-0.1, -0.05) is 18.2 Å². The normalized spacial score (nSPS) is 10.2. The van der Waals surface area contributed by atoms with Gasteiger partial charge in [-0.25, -0.2) is 9.78 Å². The van der Waals surface area contributed by atoms with Crippen molar-refractivity contribution in [3.8, 4) is 16.3 Å². The lowest BCUT2D eigenvalue weighted by Crippen LogP contribution is -2.08. The van der Waals surface area contributed by atoms with Gasteiger partial charge in [-0.15, -0.1) is 11.3 Å². The Morgan fingerprint density at radius 3 is 2.70 bits per heavy atom. The molecule has 3 rings (SSSR count). The van der Waals surface area contributed by atoms with Gasteiger partial charge in [-0.2, -0.15) is 0 Å². The monoisotopic (exact) mass is 282 g/mol. The Hall–Kier alpha value is -2.53. The number of hydrogen-bond acceptors (Lipinski definition) is 5. The van der Waals surface area contributed by atoms with E-state index in [-0.39, 0.29) is 0 Å². The smallest absolute Gasteiger partial charge is 0.363 e. The quantitative estimate of drug-likeness (QED) is 0.545. The highest BCUT2D eigenvalue weighted by molar-refractivity contribution is 7.13. The second-order valence-electron chi connectivity index (χ2n) is 3.98. The topological polar surface area (TPSA) is 52.1 Å². The molecule has 2 heterocycles. The maximum Gasteiger partial charge on any atom is 0.363 e. The van der Waals surface area contributed by atoms with Crippen LogP contribution in [0, 0.1) is 0 Å². The fraction of sp³-hybridized carbons (Fsp3) is 0. The van der Waals surface area contributed by atoms with E-state index >= 15 is 0 Å². The van der Waals surface area contributed by atoms with Gasteiger partial charge in [0, 0.05) is 23.3 Å². The highest BCUT2D eigenvalue weighted by atomic mass is 32.1. The van der Waals surface area contributed by atoms with Crippen molar-refractivity contribution in [3.63, 3.8) is 0 Å². The van der Waals surface area contributed by atoms with Crippen molar-refractivity contribution >= 4 is 17.3 Å². The molecule has 0 bridgehead atoms. The van der Waals surface area contributed by atoms with E-state index < -0.39 is 5.97 Å². The summed E-state index contributed by atoms with van der Waals surface area (Å²) in [4.78, 5) is 20.3. The van der Waals surface area contributed by atoms with Crippen LogP contribution < -0.4 is 4.74 Å². The summed E-state index contributed by atoms with van der Waals surface area (Å²) in [7, 11) is 0. The van der Waals surface area contributed by atoms with E-state index in [0.717, 1.165) is 10.6 Å². The average Bonchev–Trinajstić information content (AvgIpc) is 2.99. The van der Waals surface area contributed by atoms with Gasteiger partial charge < -0.3 is 4.74 Å². The maximum atomic E-state index is 12.0. The standard InChI is InChI=1S/C15H10N2O2S/c18-15(19-12-6-2-1-3-7-12)13-10-20-14(17-13)11-5-4-8-16-9-11/h1-10H. The van der Waals surface area contributed by atoms with Gasteiger partial charge in [0.15, 0.2) is 5.69 Å². The molecule has 1 aromatic carbocycles. The number of para-hydroxylation sites is 1. The molecule has 0 radical (unpaired) electrons. The van der Waals surface area contributed by atoms with Crippen LogP contribution in [0.25, 0.3) is 10.6 Å². The Balaban J connectivity index is 1.79. The zero-order valence-corrected chi connectivity index (χ0v) is 11.2.